The quantitative estimate of drug-likeness (QED) is 0.838. The van der Waals surface area contributed by atoms with Gasteiger partial charge in [0.2, 0.25) is 5.91 Å². The number of likely N-dealkylation sites (N-methyl/N-ethyl adjacent to an activating group) is 1. The Kier molecular flexibility index (Phi) is 5.86. The molecule has 3 heteroatoms. The molecule has 0 aliphatic carbocycles. The number of benzene rings is 1. The first-order valence-corrected chi connectivity index (χ1v) is 6.53. The van der Waals surface area contributed by atoms with E-state index in [9.17, 15) is 4.79 Å². The lowest BCUT2D eigenvalue weighted by Gasteiger charge is -2.20. The number of aryl methyl sites for hydroxylation is 2. The molecule has 0 radical (unpaired) electrons. The van der Waals surface area contributed by atoms with Crippen LogP contribution in [0.1, 0.15) is 30.0 Å². The van der Waals surface area contributed by atoms with Gasteiger partial charge >= 0.3 is 0 Å². The average molecular weight is 249 g/mol. The Balaban J connectivity index is 2.64. The topological polar surface area (TPSA) is 40.5 Å². The van der Waals surface area contributed by atoms with E-state index in [0.717, 1.165) is 5.56 Å². The number of nitrogens with zero attached hydrogens (tertiary/aromatic N) is 1. The largest absolute Gasteiger partial charge is 0.396 e. The number of amides is 1. The summed E-state index contributed by atoms with van der Waals surface area (Å²) in [4.78, 5) is 13.9. The van der Waals surface area contributed by atoms with Crippen molar-refractivity contribution >= 4 is 5.91 Å². The highest BCUT2D eigenvalue weighted by atomic mass is 16.3. The summed E-state index contributed by atoms with van der Waals surface area (Å²) in [5, 5.41) is 8.81. The van der Waals surface area contributed by atoms with Crippen molar-refractivity contribution in [3.8, 4) is 0 Å². The van der Waals surface area contributed by atoms with Crippen molar-refractivity contribution in [2.75, 3.05) is 19.7 Å². The summed E-state index contributed by atoms with van der Waals surface area (Å²) in [5.41, 5.74) is 3.53. The van der Waals surface area contributed by atoms with Crippen LogP contribution in [-0.4, -0.2) is 35.6 Å². The first kappa shape index (κ1) is 14.7. The molecule has 0 heterocycles. The molecule has 0 aromatic heterocycles. The summed E-state index contributed by atoms with van der Waals surface area (Å²) in [7, 11) is 0. The maximum absolute atomic E-state index is 12.1. The molecule has 0 aliphatic heterocycles. The van der Waals surface area contributed by atoms with Crippen molar-refractivity contribution < 1.29 is 9.90 Å². The number of rotatable bonds is 6. The summed E-state index contributed by atoms with van der Waals surface area (Å²) in [6, 6.07) is 6.15. The van der Waals surface area contributed by atoms with Gasteiger partial charge in [0.15, 0.2) is 0 Å². The lowest BCUT2D eigenvalue weighted by Crippen LogP contribution is -2.33. The highest BCUT2D eigenvalue weighted by molar-refractivity contribution is 5.78. The first-order valence-electron chi connectivity index (χ1n) is 6.53. The summed E-state index contributed by atoms with van der Waals surface area (Å²) in [6.45, 7) is 7.57. The number of hydrogen-bond acceptors (Lipinski definition) is 2. The minimum absolute atomic E-state index is 0.132. The van der Waals surface area contributed by atoms with E-state index in [1.54, 1.807) is 4.90 Å². The second kappa shape index (κ2) is 7.17. The van der Waals surface area contributed by atoms with Gasteiger partial charge in [-0.3, -0.25) is 4.79 Å². The lowest BCUT2D eigenvalue weighted by molar-refractivity contribution is -0.130. The summed E-state index contributed by atoms with van der Waals surface area (Å²) in [6.07, 6.45) is 1.09. The average Bonchev–Trinajstić information content (AvgIpc) is 2.35. The highest BCUT2D eigenvalue weighted by Crippen LogP contribution is 2.11. The third kappa shape index (κ3) is 4.15. The molecule has 0 bridgehead atoms. The normalized spacial score (nSPS) is 10.4. The molecule has 1 amide bonds. The van der Waals surface area contributed by atoms with Crippen LogP contribution in [0.3, 0.4) is 0 Å². The molecule has 18 heavy (non-hydrogen) atoms. The predicted molar refractivity (Wildman–Crippen MR) is 73.6 cm³/mol. The summed E-state index contributed by atoms with van der Waals surface area (Å²) < 4.78 is 0. The predicted octanol–water partition coefficient (Wildman–Crippen LogP) is 2.08. The molecule has 0 saturated carbocycles. The van der Waals surface area contributed by atoms with Crippen LogP contribution in [0.25, 0.3) is 0 Å². The van der Waals surface area contributed by atoms with Gasteiger partial charge < -0.3 is 10.0 Å². The van der Waals surface area contributed by atoms with Crippen LogP contribution in [0, 0.1) is 13.8 Å². The van der Waals surface area contributed by atoms with E-state index in [0.29, 0.717) is 25.9 Å². The van der Waals surface area contributed by atoms with Gasteiger partial charge in [-0.1, -0.05) is 18.2 Å². The first-order chi connectivity index (χ1) is 8.58. The Bertz CT molecular complexity index is 401. The maximum atomic E-state index is 12.1. The monoisotopic (exact) mass is 249 g/mol. The van der Waals surface area contributed by atoms with Gasteiger partial charge in [-0.15, -0.1) is 0 Å². The zero-order valence-corrected chi connectivity index (χ0v) is 11.6. The van der Waals surface area contributed by atoms with E-state index in [1.807, 2.05) is 13.0 Å². The molecule has 0 atom stereocenters. The van der Waals surface area contributed by atoms with E-state index < -0.39 is 0 Å². The third-order valence-corrected chi connectivity index (χ3v) is 3.25. The van der Waals surface area contributed by atoms with Crippen molar-refractivity contribution in [2.24, 2.45) is 0 Å². The van der Waals surface area contributed by atoms with Gasteiger partial charge in [-0.25, -0.2) is 0 Å². The second-order valence-electron chi connectivity index (χ2n) is 4.65. The van der Waals surface area contributed by atoms with Gasteiger partial charge in [0.25, 0.3) is 0 Å². The smallest absolute Gasteiger partial charge is 0.226 e. The van der Waals surface area contributed by atoms with Crippen LogP contribution in [0.2, 0.25) is 0 Å². The van der Waals surface area contributed by atoms with Crippen molar-refractivity contribution in [1.29, 1.82) is 0 Å². The fourth-order valence-corrected chi connectivity index (χ4v) is 1.92. The number of hydrogen-bond donors (Lipinski definition) is 1. The minimum Gasteiger partial charge on any atom is -0.396 e. The van der Waals surface area contributed by atoms with E-state index in [2.05, 4.69) is 26.0 Å². The zero-order chi connectivity index (χ0) is 13.5. The Morgan fingerprint density at radius 1 is 1.28 bits per heavy atom. The van der Waals surface area contributed by atoms with E-state index in [1.165, 1.54) is 11.1 Å². The van der Waals surface area contributed by atoms with E-state index >= 15 is 0 Å². The fourth-order valence-electron chi connectivity index (χ4n) is 1.92. The molecule has 3 nitrogen and oxygen atoms in total. The Labute approximate surface area is 109 Å². The SMILES string of the molecule is CCN(CCCO)C(=O)Cc1ccc(C)c(C)c1. The fraction of sp³-hybridized carbons (Fsp3) is 0.533. The number of carbonyl (C=O) groups excluding carboxylic acids is 1. The number of aliphatic hydroxyl groups is 1. The number of carbonyl (C=O) groups is 1. The molecule has 100 valence electrons. The molecular weight excluding hydrogens is 226 g/mol. The van der Waals surface area contributed by atoms with Gasteiger partial charge in [-0.05, 0) is 43.9 Å². The molecule has 1 N–H and O–H groups in total. The number of aliphatic hydroxyl groups excluding tert-OH is 1. The Morgan fingerprint density at radius 2 is 2.00 bits per heavy atom. The molecule has 0 spiro atoms. The molecule has 0 saturated heterocycles. The van der Waals surface area contributed by atoms with Gasteiger partial charge in [0, 0.05) is 19.7 Å². The highest BCUT2D eigenvalue weighted by Gasteiger charge is 2.11. The van der Waals surface area contributed by atoms with Crippen LogP contribution in [0.5, 0.6) is 0 Å². The van der Waals surface area contributed by atoms with Crippen LogP contribution in [-0.2, 0) is 11.2 Å². The van der Waals surface area contributed by atoms with Crippen LogP contribution >= 0.6 is 0 Å². The molecule has 0 fully saturated rings. The summed E-state index contributed by atoms with van der Waals surface area (Å²) in [5.74, 6) is 0.134. The van der Waals surface area contributed by atoms with Crippen LogP contribution in [0.15, 0.2) is 18.2 Å². The van der Waals surface area contributed by atoms with Crippen molar-refractivity contribution in [1.82, 2.24) is 4.90 Å². The van der Waals surface area contributed by atoms with Gasteiger partial charge in [0.1, 0.15) is 0 Å². The van der Waals surface area contributed by atoms with Crippen molar-refractivity contribution in [3.05, 3.63) is 34.9 Å². The molecule has 1 aromatic carbocycles. The molecule has 1 aromatic rings. The van der Waals surface area contributed by atoms with Gasteiger partial charge in [0.05, 0.1) is 6.42 Å². The second-order valence-corrected chi connectivity index (χ2v) is 4.65. The van der Waals surface area contributed by atoms with Crippen molar-refractivity contribution in [2.45, 2.75) is 33.6 Å². The Hall–Kier alpha value is -1.35. The molecule has 0 unspecified atom stereocenters. The van der Waals surface area contributed by atoms with E-state index in [4.69, 9.17) is 5.11 Å². The minimum atomic E-state index is 0.132. The van der Waals surface area contributed by atoms with Crippen molar-refractivity contribution in [3.63, 3.8) is 0 Å². The summed E-state index contributed by atoms with van der Waals surface area (Å²) >= 11 is 0. The Morgan fingerprint density at radius 3 is 2.56 bits per heavy atom. The zero-order valence-electron chi connectivity index (χ0n) is 11.6. The maximum Gasteiger partial charge on any atom is 0.226 e. The molecule has 0 aliphatic rings. The van der Waals surface area contributed by atoms with Crippen LogP contribution in [0.4, 0.5) is 0 Å². The third-order valence-electron chi connectivity index (χ3n) is 3.25. The molecular formula is C15H23NO2. The lowest BCUT2D eigenvalue weighted by atomic mass is 10.0. The van der Waals surface area contributed by atoms with E-state index in [-0.39, 0.29) is 12.5 Å². The molecule has 1 rings (SSSR count). The van der Waals surface area contributed by atoms with Crippen LogP contribution < -0.4 is 0 Å². The standard InChI is InChI=1S/C15H23NO2/c1-4-16(8-5-9-17)15(18)11-14-7-6-12(2)13(3)10-14/h6-7,10,17H,4-5,8-9,11H2,1-3H3. The van der Waals surface area contributed by atoms with Gasteiger partial charge in [-0.2, -0.15) is 0 Å².